The molecule has 1 aromatic carbocycles. The predicted octanol–water partition coefficient (Wildman–Crippen LogP) is 2.35. The van der Waals surface area contributed by atoms with E-state index in [1.165, 1.54) is 0 Å². The van der Waals surface area contributed by atoms with Gasteiger partial charge >= 0.3 is 0 Å². The molecule has 0 spiro atoms. The van der Waals surface area contributed by atoms with Gasteiger partial charge in [0, 0.05) is 12.2 Å². The number of anilines is 1. The number of amides is 1. The van der Waals surface area contributed by atoms with E-state index in [0.29, 0.717) is 23.7 Å². The van der Waals surface area contributed by atoms with Gasteiger partial charge in [-0.05, 0) is 37.0 Å². The summed E-state index contributed by atoms with van der Waals surface area (Å²) in [7, 11) is 0. The van der Waals surface area contributed by atoms with Crippen LogP contribution in [-0.4, -0.2) is 12.5 Å². The largest absolute Gasteiger partial charge is 0.398 e. The number of carbonyl (C=O) groups excluding carboxylic acids is 1. The summed E-state index contributed by atoms with van der Waals surface area (Å²) in [5.41, 5.74) is 7.97. The molecule has 0 atom stereocenters. The molecule has 0 aliphatic rings. The average molecular weight is 220 g/mol. The zero-order valence-corrected chi connectivity index (χ0v) is 10.2. The van der Waals surface area contributed by atoms with Gasteiger partial charge in [-0.15, -0.1) is 0 Å². The van der Waals surface area contributed by atoms with Gasteiger partial charge in [-0.2, -0.15) is 0 Å². The van der Waals surface area contributed by atoms with Crippen molar-refractivity contribution < 1.29 is 4.79 Å². The van der Waals surface area contributed by atoms with Crippen LogP contribution < -0.4 is 11.1 Å². The summed E-state index contributed by atoms with van der Waals surface area (Å²) in [5, 5.41) is 2.87. The molecular weight excluding hydrogens is 200 g/mol. The molecular formula is C13H20N2O. The Hall–Kier alpha value is -1.51. The standard InChI is InChI=1S/C13H20N2O/c1-9(2)6-7-15-13(16)11-5-4-10(3)8-12(11)14/h4-5,8-9H,6-7,14H2,1-3H3,(H,15,16). The van der Waals surface area contributed by atoms with E-state index in [1.807, 2.05) is 19.1 Å². The number of rotatable bonds is 4. The Bertz CT molecular complexity index is 372. The second-order valence-corrected chi connectivity index (χ2v) is 4.53. The van der Waals surface area contributed by atoms with Crippen LogP contribution in [-0.2, 0) is 0 Å². The summed E-state index contributed by atoms with van der Waals surface area (Å²) < 4.78 is 0. The summed E-state index contributed by atoms with van der Waals surface area (Å²) in [6, 6.07) is 5.49. The van der Waals surface area contributed by atoms with Gasteiger partial charge in [0.25, 0.3) is 5.91 Å². The number of hydrogen-bond acceptors (Lipinski definition) is 2. The van der Waals surface area contributed by atoms with E-state index in [4.69, 9.17) is 5.73 Å². The highest BCUT2D eigenvalue weighted by molar-refractivity contribution is 5.99. The highest BCUT2D eigenvalue weighted by Crippen LogP contribution is 2.13. The number of aryl methyl sites for hydroxylation is 1. The quantitative estimate of drug-likeness (QED) is 0.765. The van der Waals surface area contributed by atoms with E-state index < -0.39 is 0 Å². The van der Waals surface area contributed by atoms with Gasteiger partial charge in [-0.1, -0.05) is 19.9 Å². The van der Waals surface area contributed by atoms with Crippen LogP contribution in [0, 0.1) is 12.8 Å². The van der Waals surface area contributed by atoms with Crippen molar-refractivity contribution in [2.75, 3.05) is 12.3 Å². The molecule has 0 bridgehead atoms. The second kappa shape index (κ2) is 5.54. The molecule has 88 valence electrons. The van der Waals surface area contributed by atoms with E-state index in [9.17, 15) is 4.79 Å². The van der Waals surface area contributed by atoms with Gasteiger partial charge in [0.15, 0.2) is 0 Å². The third kappa shape index (κ3) is 3.57. The first-order valence-electron chi connectivity index (χ1n) is 5.65. The lowest BCUT2D eigenvalue weighted by molar-refractivity contribution is 0.0953. The van der Waals surface area contributed by atoms with Crippen molar-refractivity contribution in [3.8, 4) is 0 Å². The number of nitrogen functional groups attached to an aromatic ring is 1. The second-order valence-electron chi connectivity index (χ2n) is 4.53. The van der Waals surface area contributed by atoms with Crippen molar-refractivity contribution in [1.82, 2.24) is 5.32 Å². The van der Waals surface area contributed by atoms with Gasteiger partial charge in [0.1, 0.15) is 0 Å². The first kappa shape index (κ1) is 12.6. The first-order chi connectivity index (χ1) is 7.50. The van der Waals surface area contributed by atoms with E-state index in [-0.39, 0.29) is 5.91 Å². The molecule has 0 heterocycles. The lowest BCUT2D eigenvalue weighted by atomic mass is 10.1. The fourth-order valence-electron chi connectivity index (χ4n) is 1.46. The van der Waals surface area contributed by atoms with Crippen LogP contribution in [0.25, 0.3) is 0 Å². The molecule has 1 aromatic rings. The van der Waals surface area contributed by atoms with Gasteiger partial charge in [0.05, 0.1) is 5.56 Å². The van der Waals surface area contributed by atoms with Crippen molar-refractivity contribution in [3.63, 3.8) is 0 Å². The highest BCUT2D eigenvalue weighted by Gasteiger charge is 2.08. The van der Waals surface area contributed by atoms with Gasteiger partial charge < -0.3 is 11.1 Å². The van der Waals surface area contributed by atoms with Gasteiger partial charge in [-0.3, -0.25) is 4.79 Å². The van der Waals surface area contributed by atoms with Crippen LogP contribution in [0.3, 0.4) is 0 Å². The third-order valence-electron chi connectivity index (χ3n) is 2.46. The summed E-state index contributed by atoms with van der Waals surface area (Å²) in [6.45, 7) is 6.92. The Morgan fingerprint density at radius 3 is 2.69 bits per heavy atom. The summed E-state index contributed by atoms with van der Waals surface area (Å²) in [5.74, 6) is 0.508. The van der Waals surface area contributed by atoms with Crippen molar-refractivity contribution >= 4 is 11.6 Å². The van der Waals surface area contributed by atoms with Gasteiger partial charge in [0.2, 0.25) is 0 Å². The summed E-state index contributed by atoms with van der Waals surface area (Å²) >= 11 is 0. The van der Waals surface area contributed by atoms with Crippen LogP contribution in [0.4, 0.5) is 5.69 Å². The predicted molar refractivity (Wildman–Crippen MR) is 67.4 cm³/mol. The third-order valence-corrected chi connectivity index (χ3v) is 2.46. The molecule has 0 aliphatic carbocycles. The van der Waals surface area contributed by atoms with Crippen molar-refractivity contribution in [1.29, 1.82) is 0 Å². The topological polar surface area (TPSA) is 55.1 Å². The van der Waals surface area contributed by atoms with E-state index in [2.05, 4.69) is 19.2 Å². The van der Waals surface area contributed by atoms with E-state index in [1.54, 1.807) is 6.07 Å². The average Bonchev–Trinajstić information content (AvgIpc) is 2.16. The SMILES string of the molecule is Cc1ccc(C(=O)NCCC(C)C)c(N)c1. The summed E-state index contributed by atoms with van der Waals surface area (Å²) in [4.78, 5) is 11.8. The van der Waals surface area contributed by atoms with Gasteiger partial charge in [-0.25, -0.2) is 0 Å². The maximum atomic E-state index is 11.8. The minimum atomic E-state index is -0.0850. The van der Waals surface area contributed by atoms with Crippen LogP contribution in [0.15, 0.2) is 18.2 Å². The Morgan fingerprint density at radius 1 is 1.44 bits per heavy atom. The molecule has 0 fully saturated rings. The minimum absolute atomic E-state index is 0.0850. The lowest BCUT2D eigenvalue weighted by Gasteiger charge is -2.09. The number of hydrogen-bond donors (Lipinski definition) is 2. The molecule has 0 aromatic heterocycles. The molecule has 0 aliphatic heterocycles. The molecule has 16 heavy (non-hydrogen) atoms. The zero-order valence-electron chi connectivity index (χ0n) is 10.2. The number of nitrogens with two attached hydrogens (primary N) is 1. The van der Waals surface area contributed by atoms with E-state index >= 15 is 0 Å². The molecule has 3 N–H and O–H groups in total. The smallest absolute Gasteiger partial charge is 0.253 e. The maximum absolute atomic E-state index is 11.8. The van der Waals surface area contributed by atoms with Crippen molar-refractivity contribution in [2.24, 2.45) is 5.92 Å². The fraction of sp³-hybridized carbons (Fsp3) is 0.462. The normalized spacial score (nSPS) is 10.5. The van der Waals surface area contributed by atoms with E-state index in [0.717, 1.165) is 12.0 Å². The van der Waals surface area contributed by atoms with Crippen LogP contribution in [0.5, 0.6) is 0 Å². The molecule has 1 rings (SSSR count). The fourth-order valence-corrected chi connectivity index (χ4v) is 1.46. The maximum Gasteiger partial charge on any atom is 0.253 e. The monoisotopic (exact) mass is 220 g/mol. The molecule has 0 radical (unpaired) electrons. The molecule has 3 heteroatoms. The number of nitrogens with one attached hydrogen (secondary N) is 1. The lowest BCUT2D eigenvalue weighted by Crippen LogP contribution is -2.26. The first-order valence-corrected chi connectivity index (χ1v) is 5.65. The summed E-state index contributed by atoms with van der Waals surface area (Å²) in [6.07, 6.45) is 0.984. The molecule has 0 unspecified atom stereocenters. The van der Waals surface area contributed by atoms with Crippen molar-refractivity contribution in [3.05, 3.63) is 29.3 Å². The van der Waals surface area contributed by atoms with Crippen LogP contribution in [0.1, 0.15) is 36.2 Å². The Labute approximate surface area is 97.0 Å². The Kier molecular flexibility index (Phi) is 4.35. The number of carbonyl (C=O) groups is 1. The zero-order chi connectivity index (χ0) is 12.1. The molecule has 0 saturated carbocycles. The molecule has 0 saturated heterocycles. The highest BCUT2D eigenvalue weighted by atomic mass is 16.1. The Balaban J connectivity index is 2.59. The van der Waals surface area contributed by atoms with Crippen LogP contribution in [0.2, 0.25) is 0 Å². The Morgan fingerprint density at radius 2 is 2.12 bits per heavy atom. The van der Waals surface area contributed by atoms with Crippen LogP contribution >= 0.6 is 0 Å². The minimum Gasteiger partial charge on any atom is -0.398 e. The van der Waals surface area contributed by atoms with Crippen molar-refractivity contribution in [2.45, 2.75) is 27.2 Å². The molecule has 3 nitrogen and oxygen atoms in total. The molecule has 1 amide bonds. The number of benzene rings is 1.